The summed E-state index contributed by atoms with van der Waals surface area (Å²) >= 11 is 1.49. The number of aryl methyl sites for hydroxylation is 1. The molecule has 0 atom stereocenters. The number of nitrogens with one attached hydrogen (secondary N) is 1. The van der Waals surface area contributed by atoms with E-state index in [4.69, 9.17) is 0 Å². The molecule has 7 nitrogen and oxygen atoms in total. The second-order valence-electron chi connectivity index (χ2n) is 6.57. The normalized spacial score (nSPS) is 10.9. The molecule has 0 aliphatic rings. The van der Waals surface area contributed by atoms with Crippen molar-refractivity contribution in [3.05, 3.63) is 57.5 Å². The molecule has 1 N–H and O–H groups in total. The van der Waals surface area contributed by atoms with Crippen molar-refractivity contribution in [2.45, 2.75) is 33.7 Å². The highest BCUT2D eigenvalue weighted by Gasteiger charge is 2.13. The fourth-order valence-electron chi connectivity index (χ4n) is 3.04. The number of amides is 2. The van der Waals surface area contributed by atoms with Crippen LogP contribution >= 0.6 is 11.3 Å². The molecule has 0 spiro atoms. The molecule has 0 unspecified atom stereocenters. The monoisotopic (exact) mass is 412 g/mol. The number of rotatable bonds is 7. The lowest BCUT2D eigenvalue weighted by Crippen LogP contribution is -2.30. The first-order valence-corrected chi connectivity index (χ1v) is 10.5. The average molecular weight is 413 g/mol. The summed E-state index contributed by atoms with van der Waals surface area (Å²) in [4.78, 5) is 45.1. The lowest BCUT2D eigenvalue weighted by molar-refractivity contribution is -0.116. The predicted molar refractivity (Wildman–Crippen MR) is 116 cm³/mol. The van der Waals surface area contributed by atoms with Crippen LogP contribution in [0.15, 0.2) is 41.5 Å². The van der Waals surface area contributed by atoms with Crippen molar-refractivity contribution in [1.29, 1.82) is 0 Å². The van der Waals surface area contributed by atoms with Gasteiger partial charge in [0.25, 0.3) is 11.5 Å². The molecule has 8 heteroatoms. The molecule has 1 aromatic carbocycles. The van der Waals surface area contributed by atoms with Crippen LogP contribution in [0.1, 0.15) is 36.0 Å². The summed E-state index contributed by atoms with van der Waals surface area (Å²) < 4.78 is 1.31. The first kappa shape index (κ1) is 20.7. The van der Waals surface area contributed by atoms with Crippen LogP contribution in [0.3, 0.4) is 0 Å². The second kappa shape index (κ2) is 9.00. The molecule has 0 saturated carbocycles. The Hall–Kier alpha value is -3.00. The van der Waals surface area contributed by atoms with E-state index in [2.05, 4.69) is 10.3 Å². The minimum Gasteiger partial charge on any atom is -0.339 e. The highest BCUT2D eigenvalue weighted by atomic mass is 32.1. The molecule has 2 aromatic heterocycles. The maximum Gasteiger partial charge on any atom is 0.262 e. The maximum atomic E-state index is 12.6. The summed E-state index contributed by atoms with van der Waals surface area (Å²) in [5.41, 5.74) is 0.917. The molecule has 0 saturated heterocycles. The zero-order chi connectivity index (χ0) is 21.0. The number of carbonyl (C=O) groups is 2. The molecule has 3 rings (SSSR count). The largest absolute Gasteiger partial charge is 0.339 e. The van der Waals surface area contributed by atoms with Crippen molar-refractivity contribution in [2.24, 2.45) is 0 Å². The molecule has 152 valence electrons. The number of nitrogens with zero attached hydrogens (tertiary/aromatic N) is 3. The number of hydrogen-bond acceptors (Lipinski definition) is 5. The van der Waals surface area contributed by atoms with Crippen LogP contribution in [0.4, 0.5) is 5.69 Å². The van der Waals surface area contributed by atoms with Crippen LogP contribution < -0.4 is 10.9 Å². The van der Waals surface area contributed by atoms with Gasteiger partial charge in [-0.2, -0.15) is 0 Å². The number of benzene rings is 1. The first-order valence-electron chi connectivity index (χ1n) is 9.63. The van der Waals surface area contributed by atoms with Crippen LogP contribution in [0.25, 0.3) is 10.2 Å². The van der Waals surface area contributed by atoms with Crippen molar-refractivity contribution in [1.82, 2.24) is 14.5 Å². The van der Waals surface area contributed by atoms with E-state index in [1.807, 2.05) is 26.8 Å². The van der Waals surface area contributed by atoms with E-state index in [1.54, 1.807) is 29.2 Å². The number of aromatic nitrogens is 2. The van der Waals surface area contributed by atoms with Gasteiger partial charge < -0.3 is 10.2 Å². The Labute approximate surface area is 173 Å². The van der Waals surface area contributed by atoms with Crippen molar-refractivity contribution in [3.63, 3.8) is 0 Å². The van der Waals surface area contributed by atoms with Crippen LogP contribution in [0.5, 0.6) is 0 Å². The van der Waals surface area contributed by atoms with Crippen molar-refractivity contribution in [3.8, 4) is 0 Å². The van der Waals surface area contributed by atoms with Crippen LogP contribution in [0, 0.1) is 0 Å². The Kier molecular flexibility index (Phi) is 6.43. The molecular formula is C21H24N4O3S. The number of fused-ring (bicyclic) bond motifs is 1. The Morgan fingerprint density at radius 1 is 1.14 bits per heavy atom. The molecule has 0 fully saturated rings. The molecule has 0 radical (unpaired) electrons. The molecule has 0 aliphatic heterocycles. The van der Waals surface area contributed by atoms with Gasteiger partial charge in [0.05, 0.1) is 11.7 Å². The zero-order valence-electron chi connectivity index (χ0n) is 16.8. The molecule has 0 bridgehead atoms. The lowest BCUT2D eigenvalue weighted by Gasteiger charge is -2.18. The van der Waals surface area contributed by atoms with E-state index in [9.17, 15) is 14.4 Å². The maximum absolute atomic E-state index is 12.6. The summed E-state index contributed by atoms with van der Waals surface area (Å²) in [6.07, 6.45) is 2.25. The number of carbonyl (C=O) groups excluding carboxylic acids is 2. The SMILES string of the molecule is CCc1cc2c(=O)n(CC(=O)Nc3ccc(C(=O)N(CC)CC)cc3)cnc2s1. The summed E-state index contributed by atoms with van der Waals surface area (Å²) in [6.45, 7) is 7.05. The summed E-state index contributed by atoms with van der Waals surface area (Å²) in [5.74, 6) is -0.372. The fraction of sp³-hybridized carbons (Fsp3) is 0.333. The Morgan fingerprint density at radius 2 is 1.83 bits per heavy atom. The average Bonchev–Trinajstić information content (AvgIpc) is 3.16. The van der Waals surface area contributed by atoms with E-state index in [-0.39, 0.29) is 23.9 Å². The van der Waals surface area contributed by atoms with Gasteiger partial charge in [-0.1, -0.05) is 6.92 Å². The van der Waals surface area contributed by atoms with Gasteiger partial charge in [-0.05, 0) is 50.6 Å². The molecule has 0 aliphatic carbocycles. The summed E-state index contributed by atoms with van der Waals surface area (Å²) in [7, 11) is 0. The first-order chi connectivity index (χ1) is 14.0. The van der Waals surface area contributed by atoms with Gasteiger partial charge in [-0.15, -0.1) is 11.3 Å². The third kappa shape index (κ3) is 4.54. The van der Waals surface area contributed by atoms with Gasteiger partial charge in [0, 0.05) is 29.2 Å². The van der Waals surface area contributed by atoms with E-state index in [0.717, 1.165) is 11.3 Å². The number of thiophene rings is 1. The van der Waals surface area contributed by atoms with E-state index in [0.29, 0.717) is 34.6 Å². The van der Waals surface area contributed by atoms with Crippen LogP contribution in [-0.2, 0) is 17.8 Å². The third-order valence-electron chi connectivity index (χ3n) is 4.70. The number of anilines is 1. The van der Waals surface area contributed by atoms with Gasteiger partial charge in [0.1, 0.15) is 11.4 Å². The quantitative estimate of drug-likeness (QED) is 0.646. The lowest BCUT2D eigenvalue weighted by atomic mass is 10.1. The molecule has 29 heavy (non-hydrogen) atoms. The molecule has 2 amide bonds. The fourth-order valence-corrected chi connectivity index (χ4v) is 3.97. The summed E-state index contributed by atoms with van der Waals surface area (Å²) in [5, 5.41) is 3.30. The van der Waals surface area contributed by atoms with Gasteiger partial charge in [0.15, 0.2) is 0 Å². The molecular weight excluding hydrogens is 388 g/mol. The standard InChI is InChI=1S/C21H24N4O3S/c1-4-16-11-17-19(29-16)22-13-25(21(17)28)12-18(26)23-15-9-7-14(8-10-15)20(27)24(5-2)6-3/h7-11,13H,4-6,12H2,1-3H3,(H,23,26). The van der Waals surface area contributed by atoms with Gasteiger partial charge in [0.2, 0.25) is 5.91 Å². The topological polar surface area (TPSA) is 84.3 Å². The minimum absolute atomic E-state index is 0.0407. The second-order valence-corrected chi connectivity index (χ2v) is 7.68. The zero-order valence-corrected chi connectivity index (χ0v) is 17.6. The van der Waals surface area contributed by atoms with Crippen molar-refractivity contribution in [2.75, 3.05) is 18.4 Å². The summed E-state index contributed by atoms with van der Waals surface area (Å²) in [6, 6.07) is 8.59. The predicted octanol–water partition coefficient (Wildman–Crippen LogP) is 3.14. The highest BCUT2D eigenvalue weighted by Crippen LogP contribution is 2.21. The van der Waals surface area contributed by atoms with Gasteiger partial charge >= 0.3 is 0 Å². The van der Waals surface area contributed by atoms with Crippen LogP contribution in [0.2, 0.25) is 0 Å². The van der Waals surface area contributed by atoms with E-state index < -0.39 is 0 Å². The van der Waals surface area contributed by atoms with Crippen LogP contribution in [-0.4, -0.2) is 39.4 Å². The Balaban J connectivity index is 1.69. The number of hydrogen-bond donors (Lipinski definition) is 1. The highest BCUT2D eigenvalue weighted by molar-refractivity contribution is 7.18. The minimum atomic E-state index is -0.331. The van der Waals surface area contributed by atoms with Gasteiger partial charge in [-0.3, -0.25) is 19.0 Å². The molecule has 2 heterocycles. The van der Waals surface area contributed by atoms with E-state index in [1.165, 1.54) is 22.2 Å². The Morgan fingerprint density at radius 3 is 2.45 bits per heavy atom. The van der Waals surface area contributed by atoms with E-state index >= 15 is 0 Å². The van der Waals surface area contributed by atoms with Crippen molar-refractivity contribution < 1.29 is 9.59 Å². The third-order valence-corrected chi connectivity index (χ3v) is 5.89. The Bertz CT molecular complexity index is 1080. The smallest absolute Gasteiger partial charge is 0.262 e. The van der Waals surface area contributed by atoms with Gasteiger partial charge in [-0.25, -0.2) is 4.98 Å². The molecule has 3 aromatic rings. The van der Waals surface area contributed by atoms with Crippen molar-refractivity contribution >= 4 is 39.1 Å².